The molecule has 7 nitrogen and oxygen atoms in total. The lowest BCUT2D eigenvalue weighted by Crippen LogP contribution is -2.39. The first-order chi connectivity index (χ1) is 10.9. The van der Waals surface area contributed by atoms with Crippen molar-refractivity contribution >= 4 is 15.9 Å². The van der Waals surface area contributed by atoms with E-state index < -0.39 is 10.0 Å². The first-order valence-electron chi connectivity index (χ1n) is 8.06. The molecule has 0 radical (unpaired) electrons. The van der Waals surface area contributed by atoms with E-state index >= 15 is 0 Å². The quantitative estimate of drug-likeness (QED) is 0.879. The van der Waals surface area contributed by atoms with E-state index in [0.29, 0.717) is 26.2 Å². The van der Waals surface area contributed by atoms with Gasteiger partial charge in [-0.3, -0.25) is 4.79 Å². The molecular weight excluding hydrogens is 318 g/mol. The maximum atomic E-state index is 12.7. The van der Waals surface area contributed by atoms with Crippen LogP contribution in [0.15, 0.2) is 15.4 Å². The molecule has 2 N–H and O–H groups in total. The molecule has 1 unspecified atom stereocenters. The molecule has 128 valence electrons. The van der Waals surface area contributed by atoms with Crippen LogP contribution >= 0.6 is 0 Å². The Bertz CT molecular complexity index is 692. The van der Waals surface area contributed by atoms with Crippen LogP contribution in [0.4, 0.5) is 0 Å². The molecule has 23 heavy (non-hydrogen) atoms. The molecule has 0 saturated carbocycles. The molecule has 8 heteroatoms. The molecule has 1 atom stereocenters. The number of carbonyl (C=O) groups excluding carboxylic acids is 1. The summed E-state index contributed by atoms with van der Waals surface area (Å²) in [5.74, 6) is 0.0771. The molecule has 2 fully saturated rings. The van der Waals surface area contributed by atoms with Crippen molar-refractivity contribution in [2.24, 2.45) is 5.73 Å². The molecule has 2 aliphatic rings. The largest absolute Gasteiger partial charge is 0.455 e. The first-order valence-corrected chi connectivity index (χ1v) is 9.51. The maximum absolute atomic E-state index is 12.7. The van der Waals surface area contributed by atoms with Gasteiger partial charge >= 0.3 is 0 Å². The zero-order chi connectivity index (χ0) is 16.6. The molecule has 0 bridgehead atoms. The predicted octanol–water partition coefficient (Wildman–Crippen LogP) is 0.936. The Morgan fingerprint density at radius 1 is 1.30 bits per heavy atom. The van der Waals surface area contributed by atoms with Gasteiger partial charge < -0.3 is 15.1 Å². The highest BCUT2D eigenvalue weighted by molar-refractivity contribution is 7.89. The summed E-state index contributed by atoms with van der Waals surface area (Å²) in [6.07, 6.45) is 3.52. The van der Waals surface area contributed by atoms with E-state index in [0.717, 1.165) is 25.7 Å². The molecule has 0 spiro atoms. The standard InChI is InChI=1S/C15H23N3O4S/c1-11-14(23(20,21)17-6-2-3-7-17)9-13(22-11)15(19)18-8-4-5-12(18)10-16/h9,12H,2-8,10,16H2,1H3. The molecule has 1 aromatic heterocycles. The molecule has 2 aliphatic heterocycles. The molecule has 0 aliphatic carbocycles. The highest BCUT2D eigenvalue weighted by Gasteiger charge is 2.34. The second-order valence-electron chi connectivity index (χ2n) is 6.17. The van der Waals surface area contributed by atoms with Gasteiger partial charge in [-0.15, -0.1) is 0 Å². The lowest BCUT2D eigenvalue weighted by molar-refractivity contribution is 0.0707. The summed E-state index contributed by atoms with van der Waals surface area (Å²) < 4.78 is 32.3. The molecule has 2 saturated heterocycles. The minimum Gasteiger partial charge on any atom is -0.455 e. The summed E-state index contributed by atoms with van der Waals surface area (Å²) in [4.78, 5) is 14.4. The van der Waals surface area contributed by atoms with Crippen molar-refractivity contribution in [1.82, 2.24) is 9.21 Å². The molecule has 0 aromatic carbocycles. The number of amides is 1. The third-order valence-corrected chi connectivity index (χ3v) is 6.68. The van der Waals surface area contributed by atoms with Crippen molar-refractivity contribution in [2.75, 3.05) is 26.2 Å². The van der Waals surface area contributed by atoms with Gasteiger partial charge in [0.1, 0.15) is 10.7 Å². The van der Waals surface area contributed by atoms with Gasteiger partial charge in [0, 0.05) is 38.3 Å². The second-order valence-corrected chi connectivity index (χ2v) is 8.08. The predicted molar refractivity (Wildman–Crippen MR) is 84.6 cm³/mol. The topological polar surface area (TPSA) is 96.8 Å². The third kappa shape index (κ3) is 2.90. The number of nitrogens with two attached hydrogens (primary N) is 1. The fourth-order valence-corrected chi connectivity index (χ4v) is 5.06. The summed E-state index contributed by atoms with van der Waals surface area (Å²) in [6.45, 7) is 3.68. The zero-order valence-corrected chi connectivity index (χ0v) is 14.1. The Balaban J connectivity index is 1.87. The average molecular weight is 341 g/mol. The highest BCUT2D eigenvalue weighted by atomic mass is 32.2. The summed E-state index contributed by atoms with van der Waals surface area (Å²) in [7, 11) is -3.58. The van der Waals surface area contributed by atoms with Crippen LogP contribution in [0.25, 0.3) is 0 Å². The van der Waals surface area contributed by atoms with E-state index in [-0.39, 0.29) is 28.4 Å². The Hall–Kier alpha value is -1.38. The number of rotatable bonds is 4. The summed E-state index contributed by atoms with van der Waals surface area (Å²) in [6, 6.07) is 1.38. The Kier molecular flexibility index (Phi) is 4.48. The van der Waals surface area contributed by atoms with Crippen LogP contribution in [0.5, 0.6) is 0 Å². The fourth-order valence-electron chi connectivity index (χ4n) is 3.38. The van der Waals surface area contributed by atoms with Crippen molar-refractivity contribution in [2.45, 2.75) is 43.5 Å². The number of furan rings is 1. The number of sulfonamides is 1. The van der Waals surface area contributed by atoms with Crippen LogP contribution in [0, 0.1) is 6.92 Å². The zero-order valence-electron chi connectivity index (χ0n) is 13.3. The SMILES string of the molecule is Cc1oc(C(=O)N2CCCC2CN)cc1S(=O)(=O)N1CCCC1. The molecule has 1 aromatic rings. The van der Waals surface area contributed by atoms with Gasteiger partial charge in [0.05, 0.1) is 0 Å². The number of hydrogen-bond donors (Lipinski definition) is 1. The highest BCUT2D eigenvalue weighted by Crippen LogP contribution is 2.28. The van der Waals surface area contributed by atoms with Crippen LogP contribution in [-0.2, 0) is 10.0 Å². The van der Waals surface area contributed by atoms with E-state index in [1.54, 1.807) is 11.8 Å². The lowest BCUT2D eigenvalue weighted by Gasteiger charge is -2.22. The van der Waals surface area contributed by atoms with Crippen LogP contribution in [0.2, 0.25) is 0 Å². The smallest absolute Gasteiger partial charge is 0.289 e. The van der Waals surface area contributed by atoms with Gasteiger partial charge in [-0.05, 0) is 32.6 Å². The number of likely N-dealkylation sites (tertiary alicyclic amines) is 1. The molecule has 3 heterocycles. The van der Waals surface area contributed by atoms with Gasteiger partial charge in [0.25, 0.3) is 5.91 Å². The summed E-state index contributed by atoms with van der Waals surface area (Å²) in [5, 5.41) is 0. The van der Waals surface area contributed by atoms with E-state index in [1.165, 1.54) is 10.4 Å². The number of nitrogens with zero attached hydrogens (tertiary/aromatic N) is 2. The average Bonchev–Trinajstić information content (AvgIpc) is 3.26. The van der Waals surface area contributed by atoms with Crippen LogP contribution in [0.3, 0.4) is 0 Å². The molecular formula is C15H23N3O4S. The van der Waals surface area contributed by atoms with E-state index in [9.17, 15) is 13.2 Å². The van der Waals surface area contributed by atoms with Gasteiger partial charge in [0.2, 0.25) is 10.0 Å². The van der Waals surface area contributed by atoms with Crippen molar-refractivity contribution in [3.63, 3.8) is 0 Å². The monoisotopic (exact) mass is 341 g/mol. The Morgan fingerprint density at radius 3 is 2.65 bits per heavy atom. The van der Waals surface area contributed by atoms with Crippen molar-refractivity contribution in [3.05, 3.63) is 17.6 Å². The van der Waals surface area contributed by atoms with E-state index in [1.807, 2.05) is 0 Å². The number of aryl methyl sites for hydroxylation is 1. The van der Waals surface area contributed by atoms with Gasteiger partial charge in [0.15, 0.2) is 5.76 Å². The fraction of sp³-hybridized carbons (Fsp3) is 0.667. The molecule has 1 amide bonds. The van der Waals surface area contributed by atoms with Crippen LogP contribution < -0.4 is 5.73 Å². The minimum atomic E-state index is -3.58. The van der Waals surface area contributed by atoms with E-state index in [2.05, 4.69) is 0 Å². The van der Waals surface area contributed by atoms with Gasteiger partial charge in [-0.1, -0.05) is 0 Å². The van der Waals surface area contributed by atoms with Crippen LogP contribution in [-0.4, -0.2) is 55.8 Å². The lowest BCUT2D eigenvalue weighted by atomic mass is 10.2. The number of carbonyl (C=O) groups is 1. The van der Waals surface area contributed by atoms with Crippen molar-refractivity contribution < 1.29 is 17.6 Å². The maximum Gasteiger partial charge on any atom is 0.289 e. The Morgan fingerprint density at radius 2 is 2.00 bits per heavy atom. The summed E-state index contributed by atoms with van der Waals surface area (Å²) >= 11 is 0. The Labute approximate surface area is 136 Å². The van der Waals surface area contributed by atoms with Gasteiger partial charge in [-0.2, -0.15) is 4.31 Å². The van der Waals surface area contributed by atoms with Crippen LogP contribution in [0.1, 0.15) is 42.0 Å². The first kappa shape index (κ1) is 16.5. The van der Waals surface area contributed by atoms with Crippen molar-refractivity contribution in [1.29, 1.82) is 0 Å². The normalized spacial score (nSPS) is 22.9. The van der Waals surface area contributed by atoms with E-state index in [4.69, 9.17) is 10.2 Å². The van der Waals surface area contributed by atoms with Gasteiger partial charge in [-0.25, -0.2) is 8.42 Å². The molecule has 3 rings (SSSR count). The van der Waals surface area contributed by atoms with Crippen molar-refractivity contribution in [3.8, 4) is 0 Å². The second kappa shape index (κ2) is 6.26. The summed E-state index contributed by atoms with van der Waals surface area (Å²) in [5.41, 5.74) is 5.70. The minimum absolute atomic E-state index is 0.00606. The number of hydrogen-bond acceptors (Lipinski definition) is 5. The third-order valence-electron chi connectivity index (χ3n) is 4.68.